The first-order chi connectivity index (χ1) is 9.93. The summed E-state index contributed by atoms with van der Waals surface area (Å²) in [6.07, 6.45) is 0.460. The number of nitrogens with one attached hydrogen (secondary N) is 2. The van der Waals surface area contributed by atoms with Crippen molar-refractivity contribution in [2.75, 3.05) is 13.2 Å². The Bertz CT molecular complexity index is 492. The first-order valence-electron chi connectivity index (χ1n) is 6.88. The minimum atomic E-state index is -0.507. The van der Waals surface area contributed by atoms with Crippen LogP contribution in [0.25, 0.3) is 0 Å². The van der Waals surface area contributed by atoms with Crippen LogP contribution < -0.4 is 10.6 Å². The molecule has 0 spiro atoms. The standard InChI is InChI=1S/C15H21FN2O3/c1-10(2)13(6-7-19)18-14(20)9-17-15(21)11-4-3-5-12(16)8-11/h3-5,8,10,13,19H,6-7,9H2,1-2H3,(H,17,21)(H,18,20). The summed E-state index contributed by atoms with van der Waals surface area (Å²) in [6.45, 7) is 3.67. The number of benzene rings is 1. The molecular formula is C15H21FN2O3. The SMILES string of the molecule is CC(C)C(CCO)NC(=O)CNC(=O)c1cccc(F)c1. The van der Waals surface area contributed by atoms with Crippen molar-refractivity contribution in [3.05, 3.63) is 35.6 Å². The largest absolute Gasteiger partial charge is 0.396 e. The molecule has 1 aromatic carbocycles. The van der Waals surface area contributed by atoms with Crippen molar-refractivity contribution in [1.29, 1.82) is 0 Å². The minimum absolute atomic E-state index is 0.0151. The van der Waals surface area contributed by atoms with Crippen LogP contribution in [0, 0.1) is 11.7 Å². The Hall–Kier alpha value is -1.95. The Morgan fingerprint density at radius 1 is 1.33 bits per heavy atom. The van der Waals surface area contributed by atoms with Crippen molar-refractivity contribution in [1.82, 2.24) is 10.6 Å². The van der Waals surface area contributed by atoms with Gasteiger partial charge in [-0.3, -0.25) is 9.59 Å². The molecule has 0 aliphatic carbocycles. The van der Waals surface area contributed by atoms with Crippen molar-refractivity contribution >= 4 is 11.8 Å². The van der Waals surface area contributed by atoms with E-state index >= 15 is 0 Å². The molecule has 6 heteroatoms. The van der Waals surface area contributed by atoms with Gasteiger partial charge in [-0.15, -0.1) is 0 Å². The monoisotopic (exact) mass is 296 g/mol. The van der Waals surface area contributed by atoms with E-state index in [4.69, 9.17) is 5.11 Å². The molecule has 1 atom stereocenters. The fourth-order valence-electron chi connectivity index (χ4n) is 1.86. The topological polar surface area (TPSA) is 78.4 Å². The lowest BCUT2D eigenvalue weighted by molar-refractivity contribution is -0.121. The van der Waals surface area contributed by atoms with Crippen LogP contribution >= 0.6 is 0 Å². The molecule has 116 valence electrons. The number of aliphatic hydroxyl groups excluding tert-OH is 1. The lowest BCUT2D eigenvalue weighted by Gasteiger charge is -2.21. The van der Waals surface area contributed by atoms with Gasteiger partial charge in [-0.25, -0.2) is 4.39 Å². The number of hydrogen-bond acceptors (Lipinski definition) is 3. The average Bonchev–Trinajstić information content (AvgIpc) is 2.44. The van der Waals surface area contributed by atoms with Gasteiger partial charge in [0.2, 0.25) is 5.91 Å². The molecule has 0 radical (unpaired) electrons. The van der Waals surface area contributed by atoms with Crippen LogP contribution in [0.3, 0.4) is 0 Å². The molecule has 21 heavy (non-hydrogen) atoms. The van der Waals surface area contributed by atoms with Gasteiger partial charge >= 0.3 is 0 Å². The molecule has 0 bridgehead atoms. The second-order valence-corrected chi connectivity index (χ2v) is 5.12. The summed E-state index contributed by atoms with van der Waals surface area (Å²) in [5.41, 5.74) is 0.165. The van der Waals surface area contributed by atoms with Gasteiger partial charge in [-0.2, -0.15) is 0 Å². The van der Waals surface area contributed by atoms with Crippen molar-refractivity contribution < 1.29 is 19.1 Å². The zero-order valence-corrected chi connectivity index (χ0v) is 12.2. The molecule has 3 N–H and O–H groups in total. The van der Waals surface area contributed by atoms with Crippen molar-refractivity contribution in [3.63, 3.8) is 0 Å². The van der Waals surface area contributed by atoms with E-state index < -0.39 is 11.7 Å². The van der Waals surface area contributed by atoms with E-state index in [0.717, 1.165) is 6.07 Å². The predicted octanol–water partition coefficient (Wildman–Crippen LogP) is 1.08. The molecule has 2 amide bonds. The molecule has 0 aliphatic rings. The van der Waals surface area contributed by atoms with E-state index in [2.05, 4.69) is 10.6 Å². The third kappa shape index (κ3) is 5.91. The van der Waals surface area contributed by atoms with Crippen molar-refractivity contribution in [2.24, 2.45) is 5.92 Å². The van der Waals surface area contributed by atoms with Crippen LogP contribution in [-0.4, -0.2) is 36.1 Å². The average molecular weight is 296 g/mol. The second kappa shape index (κ2) is 8.36. The van der Waals surface area contributed by atoms with Crippen LogP contribution in [0.1, 0.15) is 30.6 Å². The van der Waals surface area contributed by atoms with Crippen molar-refractivity contribution in [3.8, 4) is 0 Å². The summed E-state index contributed by atoms with van der Waals surface area (Å²) in [6, 6.07) is 5.11. The van der Waals surface area contributed by atoms with Crippen LogP contribution in [0.15, 0.2) is 24.3 Å². The Kier molecular flexibility index (Phi) is 6.81. The van der Waals surface area contributed by atoms with E-state index in [1.165, 1.54) is 18.2 Å². The lowest BCUT2D eigenvalue weighted by Crippen LogP contribution is -2.44. The van der Waals surface area contributed by atoms with Crippen LogP contribution in [0.4, 0.5) is 4.39 Å². The quantitative estimate of drug-likeness (QED) is 0.704. The highest BCUT2D eigenvalue weighted by Gasteiger charge is 2.16. The predicted molar refractivity (Wildman–Crippen MR) is 77.2 cm³/mol. The molecular weight excluding hydrogens is 275 g/mol. The van der Waals surface area contributed by atoms with E-state index in [0.29, 0.717) is 6.42 Å². The van der Waals surface area contributed by atoms with E-state index in [9.17, 15) is 14.0 Å². The van der Waals surface area contributed by atoms with E-state index in [1.54, 1.807) is 0 Å². The molecule has 0 aromatic heterocycles. The molecule has 0 heterocycles. The number of aliphatic hydroxyl groups is 1. The number of halogens is 1. The van der Waals surface area contributed by atoms with Gasteiger partial charge in [0, 0.05) is 18.2 Å². The third-order valence-electron chi connectivity index (χ3n) is 3.09. The second-order valence-electron chi connectivity index (χ2n) is 5.12. The summed E-state index contributed by atoms with van der Waals surface area (Å²) in [4.78, 5) is 23.5. The van der Waals surface area contributed by atoms with E-state index in [-0.39, 0.29) is 36.6 Å². The Morgan fingerprint density at radius 2 is 2.05 bits per heavy atom. The maximum atomic E-state index is 13.0. The fraction of sp³-hybridized carbons (Fsp3) is 0.467. The van der Waals surface area contributed by atoms with Gasteiger partial charge in [-0.1, -0.05) is 19.9 Å². The Labute approximate surface area is 123 Å². The molecule has 1 rings (SSSR count). The highest BCUT2D eigenvalue weighted by molar-refractivity contribution is 5.96. The van der Waals surface area contributed by atoms with Crippen LogP contribution in [0.5, 0.6) is 0 Å². The van der Waals surface area contributed by atoms with Gasteiger partial charge in [-0.05, 0) is 30.5 Å². The molecule has 0 fully saturated rings. The maximum absolute atomic E-state index is 13.0. The molecule has 1 unspecified atom stereocenters. The minimum Gasteiger partial charge on any atom is -0.396 e. The molecule has 1 aromatic rings. The normalized spacial score (nSPS) is 12.0. The Morgan fingerprint density at radius 3 is 2.62 bits per heavy atom. The summed E-state index contributed by atoms with van der Waals surface area (Å²) >= 11 is 0. The number of carbonyl (C=O) groups is 2. The van der Waals surface area contributed by atoms with Crippen LogP contribution in [-0.2, 0) is 4.79 Å². The maximum Gasteiger partial charge on any atom is 0.251 e. The first kappa shape index (κ1) is 17.1. The fourth-order valence-corrected chi connectivity index (χ4v) is 1.86. The first-order valence-corrected chi connectivity index (χ1v) is 6.88. The van der Waals surface area contributed by atoms with Gasteiger partial charge in [0.15, 0.2) is 0 Å². The molecule has 0 saturated heterocycles. The van der Waals surface area contributed by atoms with Crippen molar-refractivity contribution in [2.45, 2.75) is 26.3 Å². The summed E-state index contributed by atoms with van der Waals surface area (Å²) in [5, 5.41) is 14.1. The third-order valence-corrected chi connectivity index (χ3v) is 3.09. The van der Waals surface area contributed by atoms with E-state index in [1.807, 2.05) is 13.8 Å². The Balaban J connectivity index is 2.47. The number of rotatable bonds is 7. The summed E-state index contributed by atoms with van der Waals surface area (Å²) in [5.74, 6) is -1.17. The van der Waals surface area contributed by atoms with Gasteiger partial charge in [0.1, 0.15) is 5.82 Å². The smallest absolute Gasteiger partial charge is 0.251 e. The van der Waals surface area contributed by atoms with Gasteiger partial charge in [0.25, 0.3) is 5.91 Å². The number of hydrogen-bond donors (Lipinski definition) is 3. The molecule has 0 aliphatic heterocycles. The lowest BCUT2D eigenvalue weighted by atomic mass is 10.0. The number of carbonyl (C=O) groups excluding carboxylic acids is 2. The highest BCUT2D eigenvalue weighted by atomic mass is 19.1. The van der Waals surface area contributed by atoms with Crippen LogP contribution in [0.2, 0.25) is 0 Å². The zero-order valence-electron chi connectivity index (χ0n) is 12.2. The molecule has 0 saturated carbocycles. The molecule has 5 nitrogen and oxygen atoms in total. The van der Waals surface area contributed by atoms with Gasteiger partial charge < -0.3 is 15.7 Å². The number of amides is 2. The summed E-state index contributed by atoms with van der Waals surface area (Å²) in [7, 11) is 0. The zero-order chi connectivity index (χ0) is 15.8. The summed E-state index contributed by atoms with van der Waals surface area (Å²) < 4.78 is 13.0. The van der Waals surface area contributed by atoms with Gasteiger partial charge in [0.05, 0.1) is 6.54 Å². The highest BCUT2D eigenvalue weighted by Crippen LogP contribution is 2.05.